The Bertz CT molecular complexity index is 1660. The van der Waals surface area contributed by atoms with Gasteiger partial charge in [-0.05, 0) is 79.1 Å². The van der Waals surface area contributed by atoms with Gasteiger partial charge < -0.3 is 48.7 Å². The number of aliphatic hydroxyl groups is 3. The molecule has 5 heterocycles. The van der Waals surface area contributed by atoms with Crippen molar-refractivity contribution >= 4 is 17.5 Å². The molecule has 0 unspecified atom stereocenters. The quantitative estimate of drug-likeness (QED) is 0.200. The molecule has 0 saturated carbocycles. The van der Waals surface area contributed by atoms with Gasteiger partial charge in [-0.1, -0.05) is 38.9 Å². The average molecular weight is 802 g/mol. The molecule has 2 bridgehead atoms. The molecule has 0 aromatic carbocycles. The zero-order chi connectivity index (χ0) is 41.8. The molecular weight excluding hydrogens is 738 g/mol. The van der Waals surface area contributed by atoms with Crippen molar-refractivity contribution in [2.45, 2.75) is 141 Å². The molecule has 318 valence electrons. The molecule has 0 spiro atoms. The number of esters is 1. The number of likely N-dealkylation sites (N-methyl/N-ethyl adjacent to an activating group) is 1. The number of aliphatic hydroxyl groups excluding tert-OH is 2. The van der Waals surface area contributed by atoms with E-state index in [-0.39, 0.29) is 44.8 Å². The van der Waals surface area contributed by atoms with Gasteiger partial charge in [-0.3, -0.25) is 9.59 Å². The van der Waals surface area contributed by atoms with Crippen molar-refractivity contribution < 1.29 is 53.4 Å². The number of carbonyl (C=O) groups is 2. The molecule has 5 rings (SSSR count). The van der Waals surface area contributed by atoms with Crippen LogP contribution in [0.3, 0.4) is 0 Å². The molecule has 16 nitrogen and oxygen atoms in total. The fourth-order valence-electron chi connectivity index (χ4n) is 8.63. The molecule has 14 atom stereocenters. The van der Waals surface area contributed by atoms with Gasteiger partial charge in [0.05, 0.1) is 43.2 Å². The molecule has 2 aromatic heterocycles. The van der Waals surface area contributed by atoms with Crippen LogP contribution in [0.25, 0.3) is 5.82 Å². The van der Waals surface area contributed by atoms with Gasteiger partial charge >= 0.3 is 5.97 Å². The maximum absolute atomic E-state index is 14.4. The van der Waals surface area contributed by atoms with E-state index in [0.717, 1.165) is 5.56 Å². The summed E-state index contributed by atoms with van der Waals surface area (Å²) >= 11 is 0. The van der Waals surface area contributed by atoms with Crippen LogP contribution in [0.1, 0.15) is 80.2 Å². The van der Waals surface area contributed by atoms with E-state index in [2.05, 4.69) is 15.2 Å². The van der Waals surface area contributed by atoms with Gasteiger partial charge in [0.2, 0.25) is 0 Å². The summed E-state index contributed by atoms with van der Waals surface area (Å²) < 4.78 is 33.8. The zero-order valence-corrected chi connectivity index (χ0v) is 35.0. The molecule has 3 fully saturated rings. The van der Waals surface area contributed by atoms with E-state index < -0.39 is 83.4 Å². The van der Waals surface area contributed by atoms with Crippen LogP contribution < -0.4 is 0 Å². The second-order valence-electron chi connectivity index (χ2n) is 16.9. The van der Waals surface area contributed by atoms with Gasteiger partial charge in [0.1, 0.15) is 36.0 Å². The molecular formula is C41H63N5O11. The maximum atomic E-state index is 14.4. The highest BCUT2D eigenvalue weighted by Gasteiger charge is 2.53. The van der Waals surface area contributed by atoms with E-state index in [1.54, 1.807) is 57.0 Å². The van der Waals surface area contributed by atoms with Crippen molar-refractivity contribution in [2.75, 3.05) is 27.3 Å². The van der Waals surface area contributed by atoms with E-state index in [9.17, 15) is 24.9 Å². The second kappa shape index (κ2) is 18.7. The van der Waals surface area contributed by atoms with Gasteiger partial charge in [0, 0.05) is 42.0 Å². The number of aromatic nitrogens is 3. The highest BCUT2D eigenvalue weighted by Crippen LogP contribution is 2.40. The number of fused-ring (bicyclic) bond motifs is 5. The molecule has 57 heavy (non-hydrogen) atoms. The summed E-state index contributed by atoms with van der Waals surface area (Å²) in [5, 5.41) is 44.4. The predicted octanol–water partition coefficient (Wildman–Crippen LogP) is 3.08. The lowest BCUT2D eigenvalue weighted by molar-refractivity contribution is -0.297. The molecule has 0 aliphatic carbocycles. The molecule has 0 amide bonds. The normalized spacial score (nSPS) is 39.6. The third-order valence-corrected chi connectivity index (χ3v) is 12.0. The number of cyclic esters (lactones) is 1. The molecule has 3 N–H and O–H groups in total. The summed E-state index contributed by atoms with van der Waals surface area (Å²) in [6, 6.07) is 5.16. The Balaban J connectivity index is 1.57. The van der Waals surface area contributed by atoms with Gasteiger partial charge in [0.15, 0.2) is 17.9 Å². The van der Waals surface area contributed by atoms with E-state index in [1.165, 1.54) is 13.8 Å². The highest BCUT2D eigenvalue weighted by atomic mass is 16.7. The van der Waals surface area contributed by atoms with Crippen molar-refractivity contribution in [3.05, 3.63) is 42.4 Å². The molecule has 3 aliphatic rings. The van der Waals surface area contributed by atoms with Crippen molar-refractivity contribution in [1.82, 2.24) is 19.7 Å². The maximum Gasteiger partial charge on any atom is 0.316 e. The topological polar surface area (TPSA) is 197 Å². The lowest BCUT2D eigenvalue weighted by Gasteiger charge is -2.48. The minimum absolute atomic E-state index is 0.0611. The Labute approximate surface area is 335 Å². The molecule has 2 aromatic rings. The van der Waals surface area contributed by atoms with Crippen LogP contribution in [-0.4, -0.2) is 140 Å². The Kier molecular flexibility index (Phi) is 14.7. The SMILES string of the molecule is CC[C@H]1OC(=O)[C@H](C)C(=O)[C@H](C)[C@@H](O[C@@H]2O[C@H](C)C[C@H](N(C)C)[C@H]2O)[C@@]2(C)C[C@@H](C)[C@H](O)[C@H](C)[C@@H](OC/C(=N/OCc3ccc(-n4cccn4)nc3)CO2)[C@]1(C)O. The third-order valence-electron chi connectivity index (χ3n) is 12.0. The number of pyridine rings is 1. The zero-order valence-electron chi connectivity index (χ0n) is 35.0. The summed E-state index contributed by atoms with van der Waals surface area (Å²) in [5.41, 5.74) is -2.13. The Morgan fingerprint density at radius 1 is 1.07 bits per heavy atom. The van der Waals surface area contributed by atoms with Crippen LogP contribution in [0.5, 0.6) is 0 Å². The Morgan fingerprint density at radius 2 is 1.81 bits per heavy atom. The average Bonchev–Trinajstić information content (AvgIpc) is 3.72. The monoisotopic (exact) mass is 801 g/mol. The molecule has 0 radical (unpaired) electrons. The van der Waals surface area contributed by atoms with E-state index in [1.807, 2.05) is 45.0 Å². The number of hydrogen-bond donors (Lipinski definition) is 3. The first-order valence-corrected chi connectivity index (χ1v) is 20.1. The lowest BCUT2D eigenvalue weighted by Crippen LogP contribution is -2.60. The van der Waals surface area contributed by atoms with Gasteiger partial charge in [-0.25, -0.2) is 9.67 Å². The van der Waals surface area contributed by atoms with Gasteiger partial charge in [-0.2, -0.15) is 5.10 Å². The summed E-state index contributed by atoms with van der Waals surface area (Å²) in [7, 11) is 3.74. The highest BCUT2D eigenvalue weighted by molar-refractivity contribution is 6.00. The van der Waals surface area contributed by atoms with Crippen molar-refractivity contribution in [1.29, 1.82) is 0 Å². The Hall–Kier alpha value is -3.35. The fraction of sp³-hybridized carbons (Fsp3) is 0.732. The summed E-state index contributed by atoms with van der Waals surface area (Å²) in [5.74, 6) is -4.10. The fourth-order valence-corrected chi connectivity index (χ4v) is 8.63. The first-order valence-electron chi connectivity index (χ1n) is 20.1. The Morgan fingerprint density at radius 3 is 2.44 bits per heavy atom. The number of Topliss-reactive ketones (excluding diaryl/α,β-unsaturated/α-hetero) is 1. The minimum atomic E-state index is -1.81. The first kappa shape index (κ1) is 44.7. The number of oxime groups is 1. The largest absolute Gasteiger partial charge is 0.459 e. The van der Waals surface area contributed by atoms with E-state index >= 15 is 0 Å². The van der Waals surface area contributed by atoms with Crippen LogP contribution in [0.2, 0.25) is 0 Å². The standard InChI is InChI=1S/C41H63N5O11/c1-11-31-41(8,51)37-25(4)33(47)23(2)18-40(7,53-22-29(21-52-37)44-54-20-28-13-14-32(42-19-28)46-16-12-15-43-46)36(26(5)34(48)27(6)38(50)56-31)57-39-35(49)30(45(9)10)17-24(3)55-39/h12-16,19,23-27,30-31,33,35-37,39,47,49,51H,11,17-18,20-22H2,1-10H3/b44-29-/t23-,24-,25+,26+,27-,30+,31-,33+,35-,36-,37-,39+,40-,41-/m1/s1. The smallest absolute Gasteiger partial charge is 0.316 e. The van der Waals surface area contributed by atoms with Crippen molar-refractivity contribution in [3.63, 3.8) is 0 Å². The van der Waals surface area contributed by atoms with Crippen LogP contribution in [0, 0.1) is 23.7 Å². The van der Waals surface area contributed by atoms with Crippen LogP contribution in [-0.2, 0) is 44.7 Å². The van der Waals surface area contributed by atoms with Crippen LogP contribution in [0.4, 0.5) is 0 Å². The molecule has 16 heteroatoms. The summed E-state index contributed by atoms with van der Waals surface area (Å²) in [6.07, 6.45) is -0.840. The first-order chi connectivity index (χ1) is 26.9. The van der Waals surface area contributed by atoms with Crippen LogP contribution >= 0.6 is 0 Å². The number of ether oxygens (including phenoxy) is 5. The van der Waals surface area contributed by atoms with E-state index in [0.29, 0.717) is 18.0 Å². The second-order valence-corrected chi connectivity index (χ2v) is 16.9. The molecule has 3 aliphatic heterocycles. The number of rotatable bonds is 8. The van der Waals surface area contributed by atoms with Gasteiger partial charge in [-0.15, -0.1) is 0 Å². The number of carbonyl (C=O) groups excluding carboxylic acids is 2. The summed E-state index contributed by atoms with van der Waals surface area (Å²) in [6.45, 7) is 13.4. The van der Waals surface area contributed by atoms with Gasteiger partial charge in [0.25, 0.3) is 0 Å². The van der Waals surface area contributed by atoms with Crippen LogP contribution in [0.15, 0.2) is 41.9 Å². The molecule has 3 saturated heterocycles. The number of hydrogen-bond acceptors (Lipinski definition) is 15. The third kappa shape index (κ3) is 10.1. The van der Waals surface area contributed by atoms with Crippen molar-refractivity contribution in [3.8, 4) is 5.82 Å². The lowest BCUT2D eigenvalue weighted by atomic mass is 9.73. The minimum Gasteiger partial charge on any atom is -0.459 e. The van der Waals surface area contributed by atoms with Crippen molar-refractivity contribution in [2.24, 2.45) is 28.8 Å². The number of ketones is 1. The summed E-state index contributed by atoms with van der Waals surface area (Å²) in [4.78, 5) is 40.3. The number of nitrogens with zero attached hydrogens (tertiary/aromatic N) is 5. The van der Waals surface area contributed by atoms with E-state index in [4.69, 9.17) is 28.5 Å². The predicted molar refractivity (Wildman–Crippen MR) is 208 cm³/mol.